The minimum atomic E-state index is 0. The van der Waals surface area contributed by atoms with Crippen molar-refractivity contribution in [2.24, 2.45) is 10.8 Å². The third-order valence-electron chi connectivity index (χ3n) is 4.22. The van der Waals surface area contributed by atoms with Gasteiger partial charge in [-0.05, 0) is 23.7 Å². The van der Waals surface area contributed by atoms with Crippen LogP contribution in [0.1, 0.15) is 142 Å². The van der Waals surface area contributed by atoms with Crippen LogP contribution in [0.15, 0.2) is 0 Å². The number of hydrogen-bond donors (Lipinski definition) is 0. The Morgan fingerprint density at radius 2 is 1.00 bits per heavy atom. The average molecular weight is 333 g/mol. The predicted molar refractivity (Wildman–Crippen MR) is 117 cm³/mol. The lowest BCUT2D eigenvalue weighted by atomic mass is 9.86. The van der Waals surface area contributed by atoms with Crippen molar-refractivity contribution in [3.05, 3.63) is 0 Å². The molecule has 0 aliphatic heterocycles. The maximum atomic E-state index is 2.42. The average Bonchev–Trinajstić information content (AvgIpc) is 2.99. The zero-order chi connectivity index (χ0) is 18.7. The Bertz CT molecular complexity index is 153. The van der Waals surface area contributed by atoms with E-state index in [0.29, 0.717) is 5.41 Å². The Morgan fingerprint density at radius 3 is 1.09 bits per heavy atom. The second kappa shape index (κ2) is 24.3. The van der Waals surface area contributed by atoms with E-state index in [1.54, 1.807) is 0 Å². The van der Waals surface area contributed by atoms with E-state index >= 15 is 0 Å². The van der Waals surface area contributed by atoms with Crippen molar-refractivity contribution in [2.45, 2.75) is 142 Å². The van der Waals surface area contributed by atoms with Gasteiger partial charge in [-0.1, -0.05) is 129 Å². The zero-order valence-corrected chi connectivity index (χ0v) is 18.7. The highest BCUT2D eigenvalue weighted by Crippen LogP contribution is 2.39. The normalized spacial score (nSPS) is 14.1. The molecule has 23 heavy (non-hydrogen) atoms. The van der Waals surface area contributed by atoms with Crippen molar-refractivity contribution < 1.29 is 0 Å². The van der Waals surface area contributed by atoms with E-state index in [2.05, 4.69) is 55.4 Å². The molecule has 0 N–H and O–H groups in total. The van der Waals surface area contributed by atoms with Crippen LogP contribution in [0.3, 0.4) is 0 Å². The van der Waals surface area contributed by atoms with Crippen LogP contribution in [0.25, 0.3) is 0 Å². The first-order valence-electron chi connectivity index (χ1n) is 10.2. The quantitative estimate of drug-likeness (QED) is 0.472. The predicted octanol–water partition coefficient (Wildman–Crippen LogP) is 9.91. The monoisotopic (exact) mass is 332 g/mol. The Hall–Kier alpha value is 0. The Morgan fingerprint density at radius 1 is 0.739 bits per heavy atom. The molecule has 148 valence electrons. The highest BCUT2D eigenvalue weighted by atomic mass is 14.3. The summed E-state index contributed by atoms with van der Waals surface area (Å²) < 4.78 is 0. The molecule has 0 amide bonds. The number of rotatable bonds is 2. The fourth-order valence-electron chi connectivity index (χ4n) is 1.58. The molecule has 1 aliphatic carbocycles. The summed E-state index contributed by atoms with van der Waals surface area (Å²) >= 11 is 0. The highest BCUT2D eigenvalue weighted by molar-refractivity contribution is 4.78. The van der Waals surface area contributed by atoms with Crippen LogP contribution in [0.5, 0.6) is 0 Å². The van der Waals surface area contributed by atoms with Crippen molar-refractivity contribution in [2.75, 3.05) is 0 Å². The molecule has 0 aromatic heterocycles. The van der Waals surface area contributed by atoms with E-state index in [9.17, 15) is 0 Å². The first-order chi connectivity index (χ1) is 10.2. The van der Waals surface area contributed by atoms with Gasteiger partial charge in [-0.25, -0.2) is 0 Å². The maximum Gasteiger partial charge on any atom is -0.0328 e. The van der Waals surface area contributed by atoms with Gasteiger partial charge in [0, 0.05) is 0 Å². The van der Waals surface area contributed by atoms with Gasteiger partial charge in [0.05, 0.1) is 0 Å². The molecule has 0 atom stereocenters. The van der Waals surface area contributed by atoms with Gasteiger partial charge < -0.3 is 0 Å². The SMILES string of the molecule is C.CC.CC.CCC(C)(C)C.CCC1(C)CCCC1.CCCC. The molecule has 0 spiro atoms. The smallest absolute Gasteiger partial charge is 0.0328 e. The molecule has 1 saturated carbocycles. The minimum Gasteiger partial charge on any atom is -0.0776 e. The summed E-state index contributed by atoms with van der Waals surface area (Å²) in [5.74, 6) is 0. The number of unbranched alkanes of at least 4 members (excludes halogenated alkanes) is 1. The third-order valence-corrected chi connectivity index (χ3v) is 4.22. The molecular formula is C23H56. The summed E-state index contributed by atoms with van der Waals surface area (Å²) in [5.41, 5.74) is 1.28. The van der Waals surface area contributed by atoms with E-state index in [1.165, 1.54) is 51.4 Å². The lowest BCUT2D eigenvalue weighted by Crippen LogP contribution is -2.07. The summed E-state index contributed by atoms with van der Waals surface area (Å²) in [4.78, 5) is 0. The van der Waals surface area contributed by atoms with Crippen molar-refractivity contribution in [3.8, 4) is 0 Å². The summed E-state index contributed by atoms with van der Waals surface area (Å²) in [6.45, 7) is 26.0. The van der Waals surface area contributed by atoms with Gasteiger partial charge in [0.15, 0.2) is 0 Å². The van der Waals surface area contributed by atoms with E-state index in [1.807, 2.05) is 27.7 Å². The standard InChI is InChI=1S/C8H16.C6H14.C4H10.2C2H6.CH4/c1-3-8(2)6-4-5-7-8;1-5-6(2,3)4;1-3-4-2;2*1-2;/h3-7H2,1-2H3;5H2,1-4H3;3-4H2,1-2H3;2*1-2H3;1H4. The molecule has 0 radical (unpaired) electrons. The Balaban J connectivity index is -0.0000000648. The molecule has 0 heterocycles. The molecule has 0 bridgehead atoms. The molecule has 1 fully saturated rings. The van der Waals surface area contributed by atoms with E-state index in [4.69, 9.17) is 0 Å². The molecule has 0 aromatic carbocycles. The van der Waals surface area contributed by atoms with E-state index in [0.717, 1.165) is 5.41 Å². The summed E-state index contributed by atoms with van der Waals surface area (Å²) in [5, 5.41) is 0. The van der Waals surface area contributed by atoms with Crippen LogP contribution in [0, 0.1) is 10.8 Å². The summed E-state index contributed by atoms with van der Waals surface area (Å²) in [7, 11) is 0. The van der Waals surface area contributed by atoms with Gasteiger partial charge in [0.1, 0.15) is 0 Å². The van der Waals surface area contributed by atoms with Gasteiger partial charge in [0.25, 0.3) is 0 Å². The molecule has 1 rings (SSSR count). The molecule has 0 unspecified atom stereocenters. The van der Waals surface area contributed by atoms with Gasteiger partial charge in [-0.15, -0.1) is 0 Å². The summed E-state index contributed by atoms with van der Waals surface area (Å²) in [6, 6.07) is 0. The zero-order valence-electron chi connectivity index (χ0n) is 18.7. The number of hydrogen-bond acceptors (Lipinski definition) is 0. The van der Waals surface area contributed by atoms with Crippen molar-refractivity contribution in [1.82, 2.24) is 0 Å². The second-order valence-corrected chi connectivity index (χ2v) is 7.29. The molecule has 0 nitrogen and oxygen atoms in total. The molecule has 0 saturated heterocycles. The van der Waals surface area contributed by atoms with Crippen LogP contribution >= 0.6 is 0 Å². The second-order valence-electron chi connectivity index (χ2n) is 7.29. The minimum absolute atomic E-state index is 0. The van der Waals surface area contributed by atoms with Gasteiger partial charge >= 0.3 is 0 Å². The van der Waals surface area contributed by atoms with Crippen LogP contribution < -0.4 is 0 Å². The highest BCUT2D eigenvalue weighted by Gasteiger charge is 2.25. The van der Waals surface area contributed by atoms with Gasteiger partial charge in [-0.3, -0.25) is 0 Å². The topological polar surface area (TPSA) is 0 Å². The first kappa shape index (κ1) is 34.4. The fourth-order valence-corrected chi connectivity index (χ4v) is 1.58. The van der Waals surface area contributed by atoms with Crippen molar-refractivity contribution in [1.29, 1.82) is 0 Å². The lowest BCUT2D eigenvalue weighted by Gasteiger charge is -2.19. The fraction of sp³-hybridized carbons (Fsp3) is 1.00. The van der Waals surface area contributed by atoms with Crippen molar-refractivity contribution >= 4 is 0 Å². The summed E-state index contributed by atoms with van der Waals surface area (Å²) in [6.07, 6.45) is 11.2. The van der Waals surface area contributed by atoms with E-state index < -0.39 is 0 Å². The van der Waals surface area contributed by atoms with Crippen LogP contribution in [0.4, 0.5) is 0 Å². The van der Waals surface area contributed by atoms with Crippen LogP contribution in [0.2, 0.25) is 0 Å². The van der Waals surface area contributed by atoms with Crippen LogP contribution in [-0.2, 0) is 0 Å². The van der Waals surface area contributed by atoms with Gasteiger partial charge in [-0.2, -0.15) is 0 Å². The maximum absolute atomic E-state index is 2.42. The Labute approximate surface area is 153 Å². The molecule has 0 heteroatoms. The van der Waals surface area contributed by atoms with Crippen molar-refractivity contribution in [3.63, 3.8) is 0 Å². The molecule has 1 aliphatic rings. The largest absolute Gasteiger partial charge is 0.0776 e. The Kier molecular flexibility index (Phi) is 36.2. The molecule has 0 aromatic rings. The van der Waals surface area contributed by atoms with Crippen LogP contribution in [-0.4, -0.2) is 0 Å². The molecular weight excluding hydrogens is 276 g/mol. The van der Waals surface area contributed by atoms with E-state index in [-0.39, 0.29) is 7.43 Å². The van der Waals surface area contributed by atoms with Gasteiger partial charge in [0.2, 0.25) is 0 Å². The lowest BCUT2D eigenvalue weighted by molar-refractivity contribution is 0.323. The third kappa shape index (κ3) is 34.4. The first-order valence-corrected chi connectivity index (χ1v) is 10.2.